The van der Waals surface area contributed by atoms with E-state index in [9.17, 15) is 0 Å². The number of hydrogen-bond donors (Lipinski definition) is 2. The summed E-state index contributed by atoms with van der Waals surface area (Å²) < 4.78 is 6.00. The van der Waals surface area contributed by atoms with Crippen molar-refractivity contribution >= 4 is 0 Å². The Balaban J connectivity index is 1.70. The lowest BCUT2D eigenvalue weighted by atomic mass is 9.39. The molecule has 0 aromatic heterocycles. The van der Waals surface area contributed by atoms with Gasteiger partial charge in [-0.2, -0.15) is 0 Å². The highest BCUT2D eigenvalue weighted by Gasteiger charge is 2.62. The number of hydrogen-bond acceptors (Lipinski definition) is 3. The number of allylic oxidation sites excluding steroid dienone is 1. The number of rotatable bonds is 3. The minimum atomic E-state index is 0.222. The van der Waals surface area contributed by atoms with E-state index in [0.29, 0.717) is 16.2 Å². The van der Waals surface area contributed by atoms with Crippen molar-refractivity contribution in [3.63, 3.8) is 0 Å². The van der Waals surface area contributed by atoms with Crippen molar-refractivity contribution in [3.05, 3.63) is 11.8 Å². The van der Waals surface area contributed by atoms with Crippen LogP contribution in [0.4, 0.5) is 0 Å². The van der Waals surface area contributed by atoms with Gasteiger partial charge in [0.2, 0.25) is 0 Å². The molecule has 3 nitrogen and oxygen atoms in total. The molecule has 0 aromatic rings. The Morgan fingerprint density at radius 3 is 2.43 bits per heavy atom. The largest absolute Gasteiger partial charge is 0.497 e. The van der Waals surface area contributed by atoms with Gasteiger partial charge in [-0.15, -0.1) is 0 Å². The van der Waals surface area contributed by atoms with Crippen LogP contribution in [0.25, 0.3) is 0 Å². The van der Waals surface area contributed by atoms with E-state index < -0.39 is 0 Å². The summed E-state index contributed by atoms with van der Waals surface area (Å²) in [6, 6.07) is 0.222. The van der Waals surface area contributed by atoms with Crippen LogP contribution in [0.5, 0.6) is 0 Å². The standard InChI is InChI=1S/C18H30N2O/c1-16-7-13-8-17(2,10-16)12-18(9-13,11-16)15(20-19)14-5-3-4-6-21-14/h5,13,15,20H,3-4,6-12,19H2,1-2H3. The van der Waals surface area contributed by atoms with Crippen molar-refractivity contribution in [2.24, 2.45) is 28.0 Å². The zero-order valence-corrected chi connectivity index (χ0v) is 13.6. The molecule has 5 rings (SSSR count). The van der Waals surface area contributed by atoms with Crippen molar-refractivity contribution < 1.29 is 4.74 Å². The molecule has 3 unspecified atom stereocenters. The molecule has 0 amide bonds. The molecule has 4 aliphatic carbocycles. The number of hydrazine groups is 1. The molecule has 5 aliphatic rings. The summed E-state index contributed by atoms with van der Waals surface area (Å²) in [5.41, 5.74) is 4.54. The van der Waals surface area contributed by atoms with Crippen LogP contribution in [-0.4, -0.2) is 12.6 Å². The fraction of sp³-hybridized carbons (Fsp3) is 0.889. The van der Waals surface area contributed by atoms with Crippen LogP contribution < -0.4 is 11.3 Å². The molecule has 3 heteroatoms. The molecule has 4 bridgehead atoms. The second kappa shape index (κ2) is 4.48. The first-order valence-corrected chi connectivity index (χ1v) is 8.75. The molecule has 0 spiro atoms. The molecule has 21 heavy (non-hydrogen) atoms. The van der Waals surface area contributed by atoms with Crippen LogP contribution >= 0.6 is 0 Å². The number of ether oxygens (including phenoxy) is 1. The quantitative estimate of drug-likeness (QED) is 0.617. The minimum Gasteiger partial charge on any atom is -0.497 e. The van der Waals surface area contributed by atoms with E-state index in [1.165, 1.54) is 38.5 Å². The number of nitrogens with one attached hydrogen (secondary N) is 1. The highest BCUT2D eigenvalue weighted by molar-refractivity contribution is 5.20. The summed E-state index contributed by atoms with van der Waals surface area (Å²) in [5.74, 6) is 8.08. The maximum Gasteiger partial charge on any atom is 0.111 e. The summed E-state index contributed by atoms with van der Waals surface area (Å²) in [6.45, 7) is 5.90. The Bertz CT molecular complexity index is 454. The SMILES string of the molecule is CC12CC3CC(C)(C1)CC(C(NN)C1=CCCCO1)(C3)C2. The van der Waals surface area contributed by atoms with Crippen LogP contribution in [0.1, 0.15) is 65.2 Å². The van der Waals surface area contributed by atoms with Crippen LogP contribution in [0.3, 0.4) is 0 Å². The van der Waals surface area contributed by atoms with Crippen molar-refractivity contribution in [2.75, 3.05) is 6.61 Å². The smallest absolute Gasteiger partial charge is 0.111 e. The van der Waals surface area contributed by atoms with Gasteiger partial charge in [-0.1, -0.05) is 13.8 Å². The Morgan fingerprint density at radius 1 is 1.19 bits per heavy atom. The molecule has 0 radical (unpaired) electrons. The fourth-order valence-corrected chi connectivity index (χ4v) is 7.20. The molecule has 0 saturated heterocycles. The normalized spacial score (nSPS) is 49.7. The second-order valence-electron chi connectivity index (χ2n) is 9.19. The maximum atomic E-state index is 6.04. The predicted octanol–water partition coefficient (Wildman–Crippen LogP) is 3.51. The second-order valence-corrected chi connectivity index (χ2v) is 9.19. The molecule has 0 aromatic carbocycles. The van der Waals surface area contributed by atoms with Gasteiger partial charge in [0.25, 0.3) is 0 Å². The Hall–Kier alpha value is -0.540. The predicted molar refractivity (Wildman–Crippen MR) is 84.2 cm³/mol. The van der Waals surface area contributed by atoms with E-state index in [-0.39, 0.29) is 6.04 Å². The molecular formula is C18H30N2O. The highest BCUT2D eigenvalue weighted by Crippen LogP contribution is 2.70. The fourth-order valence-electron chi connectivity index (χ4n) is 7.20. The first kappa shape index (κ1) is 14.1. The van der Waals surface area contributed by atoms with Crippen molar-refractivity contribution in [1.29, 1.82) is 0 Å². The van der Waals surface area contributed by atoms with Crippen LogP contribution in [-0.2, 0) is 4.74 Å². The zero-order chi connectivity index (χ0) is 14.7. The van der Waals surface area contributed by atoms with Crippen LogP contribution in [0, 0.1) is 22.2 Å². The minimum absolute atomic E-state index is 0.222. The molecule has 3 atom stereocenters. The molecule has 1 heterocycles. The molecule has 4 fully saturated rings. The van der Waals surface area contributed by atoms with Gasteiger partial charge >= 0.3 is 0 Å². The summed E-state index contributed by atoms with van der Waals surface area (Å²) in [5, 5.41) is 0. The Labute approximate surface area is 128 Å². The monoisotopic (exact) mass is 290 g/mol. The van der Waals surface area contributed by atoms with E-state index in [0.717, 1.165) is 31.1 Å². The van der Waals surface area contributed by atoms with Crippen LogP contribution in [0.15, 0.2) is 11.8 Å². The van der Waals surface area contributed by atoms with Gasteiger partial charge in [-0.3, -0.25) is 5.84 Å². The van der Waals surface area contributed by atoms with Gasteiger partial charge in [0.1, 0.15) is 5.76 Å². The van der Waals surface area contributed by atoms with Gasteiger partial charge in [0.05, 0.1) is 12.6 Å². The van der Waals surface area contributed by atoms with E-state index in [2.05, 4.69) is 25.3 Å². The third-order valence-electron chi connectivity index (χ3n) is 6.70. The lowest BCUT2D eigenvalue weighted by molar-refractivity contribution is -0.158. The Morgan fingerprint density at radius 2 is 1.90 bits per heavy atom. The van der Waals surface area contributed by atoms with Crippen molar-refractivity contribution in [3.8, 4) is 0 Å². The van der Waals surface area contributed by atoms with Gasteiger partial charge in [0, 0.05) is 0 Å². The van der Waals surface area contributed by atoms with E-state index in [4.69, 9.17) is 10.6 Å². The van der Waals surface area contributed by atoms with Gasteiger partial charge in [-0.25, -0.2) is 5.43 Å². The molecular weight excluding hydrogens is 260 g/mol. The summed E-state index contributed by atoms with van der Waals surface area (Å²) in [4.78, 5) is 0. The molecule has 118 valence electrons. The molecule has 1 aliphatic heterocycles. The molecule has 4 saturated carbocycles. The van der Waals surface area contributed by atoms with E-state index in [1.54, 1.807) is 0 Å². The Kier molecular flexibility index (Phi) is 3.01. The van der Waals surface area contributed by atoms with Crippen molar-refractivity contribution in [2.45, 2.75) is 71.3 Å². The third-order valence-corrected chi connectivity index (χ3v) is 6.70. The topological polar surface area (TPSA) is 47.3 Å². The average molecular weight is 290 g/mol. The first-order chi connectivity index (χ1) is 9.96. The highest BCUT2D eigenvalue weighted by atomic mass is 16.5. The maximum absolute atomic E-state index is 6.04. The van der Waals surface area contributed by atoms with E-state index >= 15 is 0 Å². The first-order valence-electron chi connectivity index (χ1n) is 8.75. The number of nitrogens with two attached hydrogens (primary N) is 1. The zero-order valence-electron chi connectivity index (χ0n) is 13.6. The average Bonchev–Trinajstić information content (AvgIpc) is 2.36. The summed E-state index contributed by atoms with van der Waals surface area (Å²) in [6.07, 6.45) is 12.8. The van der Waals surface area contributed by atoms with Gasteiger partial charge < -0.3 is 4.74 Å². The lowest BCUT2D eigenvalue weighted by Crippen LogP contribution is -2.63. The van der Waals surface area contributed by atoms with Crippen molar-refractivity contribution in [1.82, 2.24) is 5.43 Å². The van der Waals surface area contributed by atoms with Gasteiger partial charge in [0.15, 0.2) is 0 Å². The van der Waals surface area contributed by atoms with Crippen LogP contribution in [0.2, 0.25) is 0 Å². The van der Waals surface area contributed by atoms with E-state index in [1.807, 2.05) is 0 Å². The lowest BCUT2D eigenvalue weighted by Gasteiger charge is -2.67. The summed E-state index contributed by atoms with van der Waals surface area (Å²) in [7, 11) is 0. The third kappa shape index (κ3) is 2.16. The van der Waals surface area contributed by atoms with Gasteiger partial charge in [-0.05, 0) is 79.6 Å². The summed E-state index contributed by atoms with van der Waals surface area (Å²) >= 11 is 0. The molecule has 3 N–H and O–H groups in total.